The van der Waals surface area contributed by atoms with Crippen LogP contribution in [0.15, 0.2) is 72.8 Å². The average molecular weight is 466 g/mol. The molecule has 0 fully saturated rings. The van der Waals surface area contributed by atoms with Gasteiger partial charge >= 0.3 is 6.18 Å². The molecule has 2 aromatic heterocycles. The Hall–Kier alpha value is -4.08. The summed E-state index contributed by atoms with van der Waals surface area (Å²) < 4.78 is 44.1. The Bertz CT molecular complexity index is 1310. The molecule has 0 aliphatic carbocycles. The van der Waals surface area contributed by atoms with Crippen LogP contribution in [0.25, 0.3) is 5.69 Å². The highest BCUT2D eigenvalue weighted by Gasteiger charge is 2.46. The van der Waals surface area contributed by atoms with Gasteiger partial charge in [-0.3, -0.25) is 4.79 Å². The van der Waals surface area contributed by atoms with Crippen LogP contribution in [0, 0.1) is 6.92 Å². The first kappa shape index (κ1) is 21.7. The summed E-state index contributed by atoms with van der Waals surface area (Å²) in [6.45, 7) is 1.78. The molecule has 1 amide bonds. The largest absolute Gasteiger partial charge is 0.410 e. The molecule has 1 aliphatic heterocycles. The number of carbonyl (C=O) groups excluding carboxylic acids is 1. The van der Waals surface area contributed by atoms with E-state index >= 15 is 0 Å². The number of anilines is 2. The van der Waals surface area contributed by atoms with Gasteiger partial charge in [-0.15, -0.1) is 0 Å². The first-order valence-corrected chi connectivity index (χ1v) is 10.7. The van der Waals surface area contributed by atoms with Gasteiger partial charge in [-0.2, -0.15) is 23.4 Å². The average Bonchev–Trinajstić information content (AvgIpc) is 3.42. The number of fused-ring (bicyclic) bond motifs is 1. The third-order valence-electron chi connectivity index (χ3n) is 5.70. The van der Waals surface area contributed by atoms with Crippen molar-refractivity contribution in [3.63, 3.8) is 0 Å². The fourth-order valence-corrected chi connectivity index (χ4v) is 4.12. The molecule has 0 saturated carbocycles. The van der Waals surface area contributed by atoms with Crippen molar-refractivity contribution in [3.05, 3.63) is 89.7 Å². The Morgan fingerprint density at radius 1 is 1.03 bits per heavy atom. The number of alkyl halides is 3. The number of para-hydroxylation sites is 1. The zero-order valence-corrected chi connectivity index (χ0v) is 18.1. The van der Waals surface area contributed by atoms with E-state index in [-0.39, 0.29) is 17.9 Å². The number of aryl methyl sites for hydroxylation is 1. The van der Waals surface area contributed by atoms with Crippen LogP contribution in [0.1, 0.15) is 40.3 Å². The molecule has 4 aromatic rings. The predicted molar refractivity (Wildman–Crippen MR) is 121 cm³/mol. The van der Waals surface area contributed by atoms with E-state index < -0.39 is 24.2 Å². The zero-order chi connectivity index (χ0) is 23.9. The summed E-state index contributed by atoms with van der Waals surface area (Å²) in [7, 11) is 0. The standard InChI is InChI=1S/C24H21F3N6O/c1-15-12-21(32(30-15)17-10-6-3-7-11-17)29-23(34)19-14-22-28-18(16-8-4-2-5-9-16)13-20(24(25,26)27)33(22)31-19/h2-12,14,18,20,28H,13H2,1H3,(H,29,34)/t18-,20+/m0/s1. The number of hydrogen-bond acceptors (Lipinski definition) is 4. The number of amides is 1. The van der Waals surface area contributed by atoms with Gasteiger partial charge in [-0.05, 0) is 24.6 Å². The molecule has 0 radical (unpaired) electrons. The molecule has 1 aliphatic rings. The maximum Gasteiger partial charge on any atom is 0.410 e. The van der Waals surface area contributed by atoms with E-state index in [0.717, 1.165) is 15.9 Å². The smallest absolute Gasteiger partial charge is 0.363 e. The van der Waals surface area contributed by atoms with Crippen LogP contribution in [0.2, 0.25) is 0 Å². The van der Waals surface area contributed by atoms with Gasteiger partial charge in [-0.1, -0.05) is 48.5 Å². The molecule has 0 saturated heterocycles. The number of carbonyl (C=O) groups is 1. The minimum absolute atomic E-state index is 0.121. The number of nitrogens with zero attached hydrogens (tertiary/aromatic N) is 4. The minimum Gasteiger partial charge on any atom is -0.363 e. The predicted octanol–water partition coefficient (Wildman–Crippen LogP) is 5.29. The SMILES string of the molecule is Cc1cc(NC(=O)c2cc3n(n2)[C@@H](C(F)(F)F)C[C@@H](c2ccccc2)N3)n(-c2ccccc2)n1. The molecule has 5 rings (SSSR count). The molecule has 0 bridgehead atoms. The molecule has 34 heavy (non-hydrogen) atoms. The fourth-order valence-electron chi connectivity index (χ4n) is 4.12. The van der Waals surface area contributed by atoms with E-state index in [1.807, 2.05) is 36.4 Å². The van der Waals surface area contributed by atoms with E-state index in [1.54, 1.807) is 41.9 Å². The highest BCUT2D eigenvalue weighted by Crippen LogP contribution is 2.43. The van der Waals surface area contributed by atoms with Crippen molar-refractivity contribution in [1.82, 2.24) is 19.6 Å². The molecule has 3 heterocycles. The summed E-state index contributed by atoms with van der Waals surface area (Å²) >= 11 is 0. The van der Waals surface area contributed by atoms with Crippen LogP contribution in [-0.2, 0) is 0 Å². The van der Waals surface area contributed by atoms with E-state index in [0.29, 0.717) is 11.5 Å². The van der Waals surface area contributed by atoms with Crippen molar-refractivity contribution in [2.24, 2.45) is 0 Å². The van der Waals surface area contributed by atoms with Gasteiger partial charge in [0.2, 0.25) is 0 Å². The van der Waals surface area contributed by atoms with Gasteiger partial charge in [0.05, 0.1) is 17.4 Å². The lowest BCUT2D eigenvalue weighted by Gasteiger charge is -2.33. The minimum atomic E-state index is -4.52. The molecule has 0 unspecified atom stereocenters. The lowest BCUT2D eigenvalue weighted by Crippen LogP contribution is -2.35. The normalized spacial score (nSPS) is 17.6. The van der Waals surface area contributed by atoms with Crippen LogP contribution < -0.4 is 10.6 Å². The highest BCUT2D eigenvalue weighted by molar-refractivity contribution is 6.03. The molecule has 2 atom stereocenters. The summed E-state index contributed by atoms with van der Waals surface area (Å²) in [6, 6.07) is 18.7. The summed E-state index contributed by atoms with van der Waals surface area (Å²) in [4.78, 5) is 13.0. The lowest BCUT2D eigenvalue weighted by molar-refractivity contribution is -0.173. The van der Waals surface area contributed by atoms with Crippen molar-refractivity contribution >= 4 is 17.5 Å². The number of nitrogens with one attached hydrogen (secondary N) is 2. The second-order valence-corrected chi connectivity index (χ2v) is 8.13. The number of halogens is 3. The molecule has 2 N–H and O–H groups in total. The third kappa shape index (κ3) is 4.14. The maximum atomic E-state index is 13.9. The van der Waals surface area contributed by atoms with Gasteiger partial charge in [0.15, 0.2) is 11.7 Å². The zero-order valence-electron chi connectivity index (χ0n) is 18.1. The van der Waals surface area contributed by atoms with Crippen LogP contribution in [0.5, 0.6) is 0 Å². The number of rotatable bonds is 4. The molecule has 0 spiro atoms. The third-order valence-corrected chi connectivity index (χ3v) is 5.70. The van der Waals surface area contributed by atoms with Crippen molar-refractivity contribution in [2.45, 2.75) is 31.6 Å². The van der Waals surface area contributed by atoms with Crippen molar-refractivity contribution in [3.8, 4) is 5.69 Å². The van der Waals surface area contributed by atoms with Crippen molar-refractivity contribution in [2.75, 3.05) is 10.6 Å². The Labute approximate surface area is 193 Å². The molecule has 174 valence electrons. The van der Waals surface area contributed by atoms with Gasteiger partial charge in [0.1, 0.15) is 11.6 Å². The van der Waals surface area contributed by atoms with Crippen molar-refractivity contribution in [1.29, 1.82) is 0 Å². The summed E-state index contributed by atoms with van der Waals surface area (Å²) in [5.74, 6) is -0.0968. The molecule has 10 heteroatoms. The fraction of sp³-hybridized carbons (Fsp3) is 0.208. The first-order chi connectivity index (χ1) is 16.3. The van der Waals surface area contributed by atoms with Gasteiger partial charge in [0, 0.05) is 18.6 Å². The van der Waals surface area contributed by atoms with Gasteiger partial charge < -0.3 is 10.6 Å². The highest BCUT2D eigenvalue weighted by atomic mass is 19.4. The lowest BCUT2D eigenvalue weighted by atomic mass is 9.97. The molecule has 7 nitrogen and oxygen atoms in total. The Morgan fingerprint density at radius 3 is 2.38 bits per heavy atom. The first-order valence-electron chi connectivity index (χ1n) is 10.7. The topological polar surface area (TPSA) is 76.8 Å². The number of benzene rings is 2. The molecular weight excluding hydrogens is 445 g/mol. The van der Waals surface area contributed by atoms with Gasteiger partial charge in [-0.25, -0.2) is 9.36 Å². The summed E-state index contributed by atoms with van der Waals surface area (Å²) in [6.07, 6.45) is -4.75. The second-order valence-electron chi connectivity index (χ2n) is 8.13. The summed E-state index contributed by atoms with van der Waals surface area (Å²) in [5, 5.41) is 14.2. The van der Waals surface area contributed by atoms with E-state index in [4.69, 9.17) is 0 Å². The quantitative estimate of drug-likeness (QED) is 0.429. The monoisotopic (exact) mass is 466 g/mol. The van der Waals surface area contributed by atoms with Crippen LogP contribution in [0.4, 0.5) is 24.8 Å². The maximum absolute atomic E-state index is 13.9. The van der Waals surface area contributed by atoms with Crippen LogP contribution in [-0.4, -0.2) is 31.6 Å². The number of aromatic nitrogens is 4. The van der Waals surface area contributed by atoms with Crippen molar-refractivity contribution < 1.29 is 18.0 Å². The second kappa shape index (κ2) is 8.36. The Balaban J connectivity index is 1.45. The molecular formula is C24H21F3N6O. The Morgan fingerprint density at radius 2 is 1.71 bits per heavy atom. The molecule has 2 aromatic carbocycles. The van der Waals surface area contributed by atoms with Gasteiger partial charge in [0.25, 0.3) is 5.91 Å². The number of hydrogen-bond donors (Lipinski definition) is 2. The van der Waals surface area contributed by atoms with E-state index in [1.165, 1.54) is 6.07 Å². The van der Waals surface area contributed by atoms with Crippen LogP contribution in [0.3, 0.4) is 0 Å². The van der Waals surface area contributed by atoms with Crippen LogP contribution >= 0.6 is 0 Å². The van der Waals surface area contributed by atoms with E-state index in [9.17, 15) is 18.0 Å². The summed E-state index contributed by atoms with van der Waals surface area (Å²) in [5.41, 5.74) is 2.02. The Kier molecular flexibility index (Phi) is 5.35. The van der Waals surface area contributed by atoms with E-state index in [2.05, 4.69) is 20.8 Å².